The summed E-state index contributed by atoms with van der Waals surface area (Å²) in [6, 6.07) is 15.6. The molecule has 2 N–H and O–H groups in total. The first-order valence-corrected chi connectivity index (χ1v) is 10.9. The second-order valence-corrected chi connectivity index (χ2v) is 8.38. The van der Waals surface area contributed by atoms with Gasteiger partial charge in [0.05, 0.1) is 0 Å². The fraction of sp³-hybridized carbons (Fsp3) is 0.333. The van der Waals surface area contributed by atoms with Crippen molar-refractivity contribution in [2.45, 2.75) is 45.7 Å². The third-order valence-electron chi connectivity index (χ3n) is 5.47. The third-order valence-corrected chi connectivity index (χ3v) is 5.47. The van der Waals surface area contributed by atoms with Crippen LogP contribution in [-0.4, -0.2) is 32.3 Å². The number of hydrogen-bond donors (Lipinski definition) is 2. The van der Waals surface area contributed by atoms with Gasteiger partial charge in [-0.3, -0.25) is 0 Å². The number of carboxylic acid groups (broad SMARTS) is 1. The van der Waals surface area contributed by atoms with Gasteiger partial charge in [-0.25, -0.2) is 9.78 Å². The van der Waals surface area contributed by atoms with E-state index >= 15 is 0 Å². The second kappa shape index (κ2) is 9.62. The van der Waals surface area contributed by atoms with Crippen LogP contribution in [0.25, 0.3) is 11.1 Å². The van der Waals surface area contributed by atoms with Gasteiger partial charge in [-0.05, 0) is 47.9 Å². The molecule has 0 amide bonds. The van der Waals surface area contributed by atoms with Crippen LogP contribution in [0, 0.1) is 0 Å². The van der Waals surface area contributed by atoms with Gasteiger partial charge < -0.3 is 19.5 Å². The van der Waals surface area contributed by atoms with Crippen LogP contribution in [0.3, 0.4) is 0 Å². The van der Waals surface area contributed by atoms with Crippen LogP contribution in [0.5, 0.6) is 0 Å². The van der Waals surface area contributed by atoms with Gasteiger partial charge in [0.25, 0.3) is 0 Å². The molecule has 0 bridgehead atoms. The van der Waals surface area contributed by atoms with Crippen molar-refractivity contribution in [3.05, 3.63) is 76.9 Å². The molecule has 2 heterocycles. The molecule has 0 spiro atoms. The van der Waals surface area contributed by atoms with E-state index in [0.29, 0.717) is 12.4 Å². The molecule has 0 radical (unpaired) electrons. The fourth-order valence-electron chi connectivity index (χ4n) is 3.87. The van der Waals surface area contributed by atoms with E-state index in [4.69, 9.17) is 4.74 Å². The van der Waals surface area contributed by atoms with E-state index in [9.17, 15) is 15.0 Å². The van der Waals surface area contributed by atoms with E-state index in [2.05, 4.69) is 25.7 Å². The van der Waals surface area contributed by atoms with E-state index in [0.717, 1.165) is 22.3 Å². The molecule has 1 aromatic heterocycles. The van der Waals surface area contributed by atoms with E-state index < -0.39 is 17.7 Å². The van der Waals surface area contributed by atoms with Crippen LogP contribution >= 0.6 is 0 Å². The molecule has 0 atom stereocenters. The molecule has 3 aromatic rings. The number of ether oxygens (including phenoxy) is 1. The number of benzene rings is 2. The largest absolute Gasteiger partial charge is 0.477 e. The topological polar surface area (TPSA) is 134 Å². The average molecular weight is 463 g/mol. The van der Waals surface area contributed by atoms with Crippen LogP contribution in [0.2, 0.25) is 0 Å². The fourth-order valence-corrected chi connectivity index (χ4v) is 3.87. The summed E-state index contributed by atoms with van der Waals surface area (Å²) in [5, 5.41) is 35.7. The Hall–Kier alpha value is -3.76. The van der Waals surface area contributed by atoms with Crippen molar-refractivity contribution in [3.8, 4) is 11.1 Å². The predicted molar refractivity (Wildman–Crippen MR) is 123 cm³/mol. The molecule has 10 nitrogen and oxygen atoms in total. The average Bonchev–Trinajstić information content (AvgIpc) is 3.47. The zero-order chi connectivity index (χ0) is 24.3. The molecule has 10 heteroatoms. The van der Waals surface area contributed by atoms with Crippen molar-refractivity contribution in [3.63, 3.8) is 0 Å². The summed E-state index contributed by atoms with van der Waals surface area (Å²) in [6.07, 6.45) is -0.457. The van der Waals surface area contributed by atoms with E-state index in [1.807, 2.05) is 55.5 Å². The summed E-state index contributed by atoms with van der Waals surface area (Å²) in [6.45, 7) is 5.76. The SMILES string of the molecule is CCOCc1nc(C(C)(C)O)c(C(=O)O)n1Cc1ccc(-c2ccccc2C2N=NN=N2)cc1. The zero-order valence-electron chi connectivity index (χ0n) is 19.2. The maximum absolute atomic E-state index is 12.1. The molecule has 0 saturated heterocycles. The Bertz CT molecular complexity index is 1230. The Labute approximate surface area is 196 Å². The summed E-state index contributed by atoms with van der Waals surface area (Å²) in [4.78, 5) is 16.5. The Morgan fingerprint density at radius 1 is 1.09 bits per heavy atom. The number of aromatic nitrogens is 2. The first kappa shape index (κ1) is 23.4. The maximum Gasteiger partial charge on any atom is 0.354 e. The molecular formula is C24H26N6O4. The van der Waals surface area contributed by atoms with Gasteiger partial charge in [0.15, 0.2) is 5.69 Å². The lowest BCUT2D eigenvalue weighted by molar-refractivity contribution is 0.0602. The minimum Gasteiger partial charge on any atom is -0.477 e. The monoisotopic (exact) mass is 462 g/mol. The minimum absolute atomic E-state index is 0.0476. The normalized spacial score (nSPS) is 13.6. The van der Waals surface area contributed by atoms with Gasteiger partial charge >= 0.3 is 5.97 Å². The summed E-state index contributed by atoms with van der Waals surface area (Å²) in [5.41, 5.74) is 2.36. The summed E-state index contributed by atoms with van der Waals surface area (Å²) < 4.78 is 7.10. The second-order valence-electron chi connectivity index (χ2n) is 8.38. The van der Waals surface area contributed by atoms with Crippen molar-refractivity contribution in [1.29, 1.82) is 0 Å². The van der Waals surface area contributed by atoms with E-state index in [-0.39, 0.29) is 24.5 Å². The molecule has 2 aromatic carbocycles. The van der Waals surface area contributed by atoms with Gasteiger partial charge in [0, 0.05) is 18.7 Å². The van der Waals surface area contributed by atoms with Crippen LogP contribution in [0.15, 0.2) is 69.2 Å². The molecule has 1 aliphatic rings. The van der Waals surface area contributed by atoms with Gasteiger partial charge in [0.1, 0.15) is 23.7 Å². The predicted octanol–water partition coefficient (Wildman–Crippen LogP) is 4.89. The van der Waals surface area contributed by atoms with Crippen molar-refractivity contribution in [2.24, 2.45) is 20.7 Å². The molecule has 176 valence electrons. The molecule has 34 heavy (non-hydrogen) atoms. The van der Waals surface area contributed by atoms with Crippen LogP contribution in [0.1, 0.15) is 60.1 Å². The van der Waals surface area contributed by atoms with Crippen molar-refractivity contribution in [2.75, 3.05) is 6.61 Å². The first-order chi connectivity index (χ1) is 16.3. The number of nitrogens with zero attached hydrogens (tertiary/aromatic N) is 6. The molecule has 0 saturated carbocycles. The van der Waals surface area contributed by atoms with Crippen molar-refractivity contribution < 1.29 is 19.7 Å². The minimum atomic E-state index is -1.41. The Morgan fingerprint density at radius 3 is 2.38 bits per heavy atom. The Morgan fingerprint density at radius 2 is 1.76 bits per heavy atom. The lowest BCUT2D eigenvalue weighted by Gasteiger charge is -2.16. The lowest BCUT2D eigenvalue weighted by atomic mass is 9.97. The highest BCUT2D eigenvalue weighted by atomic mass is 16.5. The number of aromatic carboxylic acids is 1. The van der Waals surface area contributed by atoms with Crippen molar-refractivity contribution >= 4 is 5.97 Å². The number of aliphatic hydroxyl groups is 1. The highest BCUT2D eigenvalue weighted by Gasteiger charge is 2.31. The smallest absolute Gasteiger partial charge is 0.354 e. The van der Waals surface area contributed by atoms with E-state index in [1.165, 1.54) is 13.8 Å². The number of carboxylic acids is 1. The lowest BCUT2D eigenvalue weighted by Crippen LogP contribution is -2.22. The maximum atomic E-state index is 12.1. The quantitative estimate of drug-likeness (QED) is 0.467. The Balaban J connectivity index is 1.68. The van der Waals surface area contributed by atoms with E-state index in [1.54, 1.807) is 4.57 Å². The highest BCUT2D eigenvalue weighted by Crippen LogP contribution is 2.33. The first-order valence-electron chi connectivity index (χ1n) is 10.9. The highest BCUT2D eigenvalue weighted by molar-refractivity contribution is 5.87. The van der Waals surface area contributed by atoms with Gasteiger partial charge in [-0.2, -0.15) is 0 Å². The van der Waals surface area contributed by atoms with Crippen LogP contribution in [0.4, 0.5) is 0 Å². The number of hydrogen-bond acceptors (Lipinski definition) is 8. The number of rotatable bonds is 9. The van der Waals surface area contributed by atoms with Gasteiger partial charge in [0.2, 0.25) is 6.17 Å². The standard InChI is InChI=1S/C24H26N6O4/c1-4-34-14-19-25-21(24(2,3)33)20(23(31)32)30(19)13-15-9-11-16(12-10-15)17-7-5-6-8-18(17)22-26-28-29-27-22/h5-12,22,33H,4,13-14H2,1-3H3,(H,31,32). The third kappa shape index (κ3) is 4.78. The molecule has 4 rings (SSSR count). The van der Waals surface area contributed by atoms with Crippen LogP contribution < -0.4 is 0 Å². The Kier molecular flexibility index (Phi) is 6.62. The molecule has 0 fully saturated rings. The molecule has 0 aliphatic carbocycles. The van der Waals surface area contributed by atoms with Gasteiger partial charge in [-0.1, -0.05) is 48.5 Å². The van der Waals surface area contributed by atoms with Crippen LogP contribution in [-0.2, 0) is 23.5 Å². The zero-order valence-corrected chi connectivity index (χ0v) is 19.2. The van der Waals surface area contributed by atoms with Gasteiger partial charge in [-0.15, -0.1) is 10.2 Å². The summed E-state index contributed by atoms with van der Waals surface area (Å²) in [5.74, 6) is -0.708. The summed E-state index contributed by atoms with van der Waals surface area (Å²) in [7, 11) is 0. The number of carbonyl (C=O) groups is 1. The molecular weight excluding hydrogens is 436 g/mol. The summed E-state index contributed by atoms with van der Waals surface area (Å²) >= 11 is 0. The molecule has 0 unspecified atom stereocenters. The van der Waals surface area contributed by atoms with Crippen molar-refractivity contribution in [1.82, 2.24) is 9.55 Å². The number of imidazole rings is 1. The molecule has 1 aliphatic heterocycles.